The molecule has 0 atom stereocenters. The van der Waals surface area contributed by atoms with E-state index in [-0.39, 0.29) is 11.7 Å². The molecule has 0 spiro atoms. The quantitative estimate of drug-likeness (QED) is 0.522. The van der Waals surface area contributed by atoms with Gasteiger partial charge >= 0.3 is 0 Å². The Bertz CT molecular complexity index is 1220. The molecule has 8 nitrogen and oxygen atoms in total. The van der Waals surface area contributed by atoms with E-state index in [0.717, 1.165) is 40.0 Å². The molecule has 3 aromatic rings. The molecule has 0 aliphatic carbocycles. The van der Waals surface area contributed by atoms with Crippen LogP contribution in [0.1, 0.15) is 12.5 Å². The Morgan fingerprint density at radius 1 is 1.06 bits per heavy atom. The molecule has 2 aromatic carbocycles. The molecule has 0 amide bonds. The first-order valence-corrected chi connectivity index (χ1v) is 12.6. The molecule has 0 N–H and O–H groups in total. The van der Waals surface area contributed by atoms with Crippen LogP contribution in [0.15, 0.2) is 46.5 Å². The van der Waals surface area contributed by atoms with Crippen molar-refractivity contribution in [3.63, 3.8) is 0 Å². The topological polar surface area (TPSA) is 82.9 Å². The van der Waals surface area contributed by atoms with E-state index in [1.165, 1.54) is 4.31 Å². The number of rotatable bonds is 6. The van der Waals surface area contributed by atoms with Crippen LogP contribution >= 0.6 is 11.8 Å². The molecule has 1 saturated heterocycles. The number of hydrogen-bond donors (Lipinski definition) is 0. The molecule has 0 unspecified atom stereocenters. The van der Waals surface area contributed by atoms with Crippen LogP contribution in [0.5, 0.6) is 11.5 Å². The van der Waals surface area contributed by atoms with E-state index in [9.17, 15) is 8.42 Å². The highest BCUT2D eigenvalue weighted by molar-refractivity contribution is 7.98. The van der Waals surface area contributed by atoms with Crippen molar-refractivity contribution in [2.24, 2.45) is 0 Å². The molecule has 1 fully saturated rings. The van der Waals surface area contributed by atoms with E-state index < -0.39 is 10.0 Å². The normalized spacial score (nSPS) is 16.8. The number of fused-ring (bicyclic) bond motifs is 2. The van der Waals surface area contributed by atoms with Crippen molar-refractivity contribution in [3.8, 4) is 11.5 Å². The average Bonchev–Trinajstić information content (AvgIpc) is 3.41. The fourth-order valence-corrected chi connectivity index (χ4v) is 6.23. The minimum Gasteiger partial charge on any atom is -0.454 e. The van der Waals surface area contributed by atoms with Crippen molar-refractivity contribution >= 4 is 32.8 Å². The maximum atomic E-state index is 13.0. The van der Waals surface area contributed by atoms with E-state index >= 15 is 0 Å². The highest BCUT2D eigenvalue weighted by Crippen LogP contribution is 2.35. The monoisotopic (exact) mass is 461 g/mol. The fraction of sp³-hybridized carbons (Fsp3) is 0.381. The molecule has 10 heteroatoms. The zero-order valence-corrected chi connectivity index (χ0v) is 18.7. The number of aryl methyl sites for hydroxylation is 1. The second-order valence-electron chi connectivity index (χ2n) is 7.28. The van der Waals surface area contributed by atoms with E-state index in [1.807, 2.05) is 24.3 Å². The third-order valence-electron chi connectivity index (χ3n) is 5.41. The molecule has 0 saturated carbocycles. The molecule has 0 bridgehead atoms. The maximum Gasteiger partial charge on any atom is 0.243 e. The lowest BCUT2D eigenvalue weighted by molar-refractivity contribution is 0.0730. The van der Waals surface area contributed by atoms with Gasteiger partial charge in [-0.25, -0.2) is 13.4 Å². The van der Waals surface area contributed by atoms with Gasteiger partial charge in [-0.2, -0.15) is 4.31 Å². The van der Waals surface area contributed by atoms with Crippen LogP contribution in [0.4, 0.5) is 0 Å². The summed E-state index contributed by atoms with van der Waals surface area (Å²) in [6, 6.07) is 11.1. The van der Waals surface area contributed by atoms with E-state index in [1.54, 1.807) is 23.9 Å². The predicted molar refractivity (Wildman–Crippen MR) is 117 cm³/mol. The Balaban J connectivity index is 1.41. The van der Waals surface area contributed by atoms with Crippen molar-refractivity contribution in [3.05, 3.63) is 42.0 Å². The van der Waals surface area contributed by atoms with Gasteiger partial charge in [-0.3, -0.25) is 0 Å². The van der Waals surface area contributed by atoms with Crippen LogP contribution in [-0.2, 0) is 27.1 Å². The largest absolute Gasteiger partial charge is 0.454 e. The lowest BCUT2D eigenvalue weighted by atomic mass is 10.2. The SMILES string of the molecule is CCn1c(SCc2ccc3c(c2)OCO3)nc2cc(S(=O)(=O)N3CCOCC3)ccc21. The second-order valence-corrected chi connectivity index (χ2v) is 10.2. The van der Waals surface area contributed by atoms with Gasteiger partial charge in [0.15, 0.2) is 16.7 Å². The minimum atomic E-state index is -3.55. The van der Waals surface area contributed by atoms with Crippen molar-refractivity contribution in [2.45, 2.75) is 29.3 Å². The number of nitrogens with zero attached hydrogens (tertiary/aromatic N) is 3. The van der Waals surface area contributed by atoms with Crippen LogP contribution in [0, 0.1) is 0 Å². The van der Waals surface area contributed by atoms with Gasteiger partial charge in [-0.05, 0) is 42.8 Å². The highest BCUT2D eigenvalue weighted by Gasteiger charge is 2.27. The lowest BCUT2D eigenvalue weighted by Crippen LogP contribution is -2.40. The fourth-order valence-electron chi connectivity index (χ4n) is 3.78. The number of thioether (sulfide) groups is 1. The summed E-state index contributed by atoms with van der Waals surface area (Å²) < 4.78 is 45.7. The number of benzene rings is 2. The van der Waals surface area contributed by atoms with Gasteiger partial charge in [0.05, 0.1) is 29.1 Å². The number of aromatic nitrogens is 2. The van der Waals surface area contributed by atoms with E-state index in [4.69, 9.17) is 19.2 Å². The van der Waals surface area contributed by atoms with Gasteiger partial charge in [0.1, 0.15) is 0 Å². The number of imidazole rings is 1. The standard InChI is InChI=1S/C21H23N3O5S2/c1-2-24-18-5-4-16(31(25,26)23-7-9-27-10-8-23)12-17(18)22-21(24)30-13-15-3-6-19-20(11-15)29-14-28-19/h3-6,11-12H,2,7-10,13-14H2,1H3. The van der Waals surface area contributed by atoms with Crippen molar-refractivity contribution < 1.29 is 22.6 Å². The van der Waals surface area contributed by atoms with Gasteiger partial charge in [-0.1, -0.05) is 17.8 Å². The smallest absolute Gasteiger partial charge is 0.243 e. The lowest BCUT2D eigenvalue weighted by Gasteiger charge is -2.26. The molecular weight excluding hydrogens is 438 g/mol. The molecule has 2 aliphatic rings. The molecular formula is C21H23N3O5S2. The van der Waals surface area contributed by atoms with E-state index in [2.05, 4.69) is 11.5 Å². The van der Waals surface area contributed by atoms with Crippen LogP contribution in [0.3, 0.4) is 0 Å². The Hall–Kier alpha value is -2.27. The third kappa shape index (κ3) is 3.89. The van der Waals surface area contributed by atoms with Gasteiger partial charge in [0.25, 0.3) is 0 Å². The Morgan fingerprint density at radius 3 is 2.68 bits per heavy atom. The Morgan fingerprint density at radius 2 is 1.87 bits per heavy atom. The van der Waals surface area contributed by atoms with Crippen molar-refractivity contribution in [2.75, 3.05) is 33.1 Å². The first kappa shape index (κ1) is 20.6. The molecule has 2 aliphatic heterocycles. The predicted octanol–water partition coefficient (Wildman–Crippen LogP) is 3.10. The first-order chi connectivity index (χ1) is 15.1. The highest BCUT2D eigenvalue weighted by atomic mass is 32.2. The number of sulfonamides is 1. The number of morpholine rings is 1. The average molecular weight is 462 g/mol. The third-order valence-corrected chi connectivity index (χ3v) is 8.36. The van der Waals surface area contributed by atoms with Crippen LogP contribution in [0.2, 0.25) is 0 Å². The zero-order valence-electron chi connectivity index (χ0n) is 17.1. The van der Waals surface area contributed by atoms with Gasteiger partial charge in [0, 0.05) is 25.4 Å². The number of ether oxygens (including phenoxy) is 3. The molecule has 31 heavy (non-hydrogen) atoms. The summed E-state index contributed by atoms with van der Waals surface area (Å²) in [6.45, 7) is 4.66. The van der Waals surface area contributed by atoms with Gasteiger partial charge < -0.3 is 18.8 Å². The van der Waals surface area contributed by atoms with Crippen molar-refractivity contribution in [1.29, 1.82) is 0 Å². The summed E-state index contributed by atoms with van der Waals surface area (Å²) in [7, 11) is -3.55. The van der Waals surface area contributed by atoms with Crippen LogP contribution < -0.4 is 9.47 Å². The van der Waals surface area contributed by atoms with Gasteiger partial charge in [-0.15, -0.1) is 0 Å². The summed E-state index contributed by atoms with van der Waals surface area (Å²) in [6.07, 6.45) is 0. The molecule has 164 valence electrons. The minimum absolute atomic E-state index is 0.257. The summed E-state index contributed by atoms with van der Waals surface area (Å²) >= 11 is 1.62. The molecule has 3 heterocycles. The summed E-state index contributed by atoms with van der Waals surface area (Å²) in [5.41, 5.74) is 2.72. The van der Waals surface area contributed by atoms with Gasteiger partial charge in [0.2, 0.25) is 16.8 Å². The summed E-state index contributed by atoms with van der Waals surface area (Å²) in [4.78, 5) is 5.03. The van der Waals surface area contributed by atoms with Crippen LogP contribution in [0.25, 0.3) is 11.0 Å². The summed E-state index contributed by atoms with van der Waals surface area (Å²) in [5, 5.41) is 0.857. The van der Waals surface area contributed by atoms with Crippen LogP contribution in [-0.4, -0.2) is 55.4 Å². The Labute approximate surface area is 185 Å². The van der Waals surface area contributed by atoms with Crippen molar-refractivity contribution in [1.82, 2.24) is 13.9 Å². The second kappa shape index (κ2) is 8.34. The maximum absolute atomic E-state index is 13.0. The zero-order chi connectivity index (χ0) is 21.4. The molecule has 5 rings (SSSR count). The van der Waals surface area contributed by atoms with E-state index in [0.29, 0.717) is 31.8 Å². The first-order valence-electron chi connectivity index (χ1n) is 10.2. The molecule has 1 aromatic heterocycles. The summed E-state index contributed by atoms with van der Waals surface area (Å²) in [5.74, 6) is 2.25. The molecule has 0 radical (unpaired) electrons. The number of hydrogen-bond acceptors (Lipinski definition) is 7. The Kier molecular flexibility index (Phi) is 5.55.